The number of rotatable bonds is 2. The number of aliphatic carboxylic acids is 1. The fourth-order valence-corrected chi connectivity index (χ4v) is 2.52. The molecule has 1 aromatic carbocycles. The summed E-state index contributed by atoms with van der Waals surface area (Å²) in [5.41, 5.74) is 2.20. The van der Waals surface area contributed by atoms with Crippen molar-refractivity contribution in [2.24, 2.45) is 5.92 Å². The van der Waals surface area contributed by atoms with E-state index in [-0.39, 0.29) is 11.5 Å². The molecule has 1 atom stereocenters. The minimum Gasteiger partial charge on any atom is -0.481 e. The molecule has 1 aliphatic heterocycles. The third-order valence-corrected chi connectivity index (χ3v) is 3.78. The first kappa shape index (κ1) is 13.9. The second-order valence-corrected chi connectivity index (χ2v) is 5.92. The first-order valence-corrected chi connectivity index (χ1v) is 6.68. The van der Waals surface area contributed by atoms with Gasteiger partial charge >= 0.3 is 5.97 Å². The standard InChI is InChI=1S/C15H22N2O2/c1-11-4-6-13(7-5-11)17-9-12(14(18)19)8-16-10-15(17,2)3/h4-7,12,16H,8-10H2,1-3H3,(H,18,19). The quantitative estimate of drug-likeness (QED) is 0.854. The van der Waals surface area contributed by atoms with Crippen molar-refractivity contribution < 1.29 is 9.90 Å². The minimum atomic E-state index is -0.734. The van der Waals surface area contributed by atoms with Crippen LogP contribution < -0.4 is 10.2 Å². The van der Waals surface area contributed by atoms with Crippen LogP contribution in [0.15, 0.2) is 24.3 Å². The molecule has 4 nitrogen and oxygen atoms in total. The van der Waals surface area contributed by atoms with Gasteiger partial charge < -0.3 is 15.3 Å². The summed E-state index contributed by atoms with van der Waals surface area (Å²) in [6.45, 7) is 8.19. The molecule has 1 saturated heterocycles. The Hall–Kier alpha value is -1.55. The van der Waals surface area contributed by atoms with Crippen LogP contribution in [0, 0.1) is 12.8 Å². The zero-order valence-electron chi connectivity index (χ0n) is 11.8. The van der Waals surface area contributed by atoms with Crippen LogP contribution in [0.2, 0.25) is 0 Å². The summed E-state index contributed by atoms with van der Waals surface area (Å²) in [5, 5.41) is 12.5. The number of nitrogens with one attached hydrogen (secondary N) is 1. The molecule has 1 fully saturated rings. The van der Waals surface area contributed by atoms with Gasteiger partial charge in [-0.2, -0.15) is 0 Å². The van der Waals surface area contributed by atoms with Crippen LogP contribution in [-0.2, 0) is 4.79 Å². The molecular formula is C15H22N2O2. The number of hydrogen-bond acceptors (Lipinski definition) is 3. The summed E-state index contributed by atoms with van der Waals surface area (Å²) < 4.78 is 0. The maximum atomic E-state index is 11.3. The van der Waals surface area contributed by atoms with Crippen LogP contribution in [0.5, 0.6) is 0 Å². The Labute approximate surface area is 114 Å². The topological polar surface area (TPSA) is 52.6 Å². The van der Waals surface area contributed by atoms with Gasteiger partial charge in [0.1, 0.15) is 0 Å². The Morgan fingerprint density at radius 2 is 2.00 bits per heavy atom. The molecule has 1 heterocycles. The predicted octanol–water partition coefficient (Wildman–Crippen LogP) is 1.88. The van der Waals surface area contributed by atoms with Gasteiger partial charge in [-0.15, -0.1) is 0 Å². The fraction of sp³-hybridized carbons (Fsp3) is 0.533. The molecule has 0 saturated carbocycles. The third kappa shape index (κ3) is 3.07. The number of nitrogens with zero attached hydrogens (tertiary/aromatic N) is 1. The van der Waals surface area contributed by atoms with Crippen molar-refractivity contribution in [3.05, 3.63) is 29.8 Å². The molecule has 0 amide bonds. The smallest absolute Gasteiger partial charge is 0.309 e. The molecule has 1 aliphatic rings. The van der Waals surface area contributed by atoms with Gasteiger partial charge in [-0.1, -0.05) is 17.7 Å². The number of carbonyl (C=O) groups is 1. The van der Waals surface area contributed by atoms with Gasteiger partial charge in [-0.25, -0.2) is 0 Å². The van der Waals surface area contributed by atoms with Crippen LogP contribution in [-0.4, -0.2) is 36.2 Å². The second kappa shape index (κ2) is 5.21. The number of hydrogen-bond donors (Lipinski definition) is 2. The predicted molar refractivity (Wildman–Crippen MR) is 76.6 cm³/mol. The second-order valence-electron chi connectivity index (χ2n) is 5.92. The summed E-state index contributed by atoms with van der Waals surface area (Å²) >= 11 is 0. The van der Waals surface area contributed by atoms with Gasteiger partial charge in [-0.05, 0) is 32.9 Å². The van der Waals surface area contributed by atoms with Crippen molar-refractivity contribution in [3.8, 4) is 0 Å². The Morgan fingerprint density at radius 1 is 1.37 bits per heavy atom. The van der Waals surface area contributed by atoms with Gasteiger partial charge in [0.05, 0.1) is 5.92 Å². The lowest BCUT2D eigenvalue weighted by atomic mass is 10.0. The van der Waals surface area contributed by atoms with Crippen LogP contribution in [0.1, 0.15) is 19.4 Å². The molecular weight excluding hydrogens is 240 g/mol. The summed E-state index contributed by atoms with van der Waals surface area (Å²) in [6, 6.07) is 8.28. The van der Waals surface area contributed by atoms with Crippen molar-refractivity contribution in [1.29, 1.82) is 0 Å². The van der Waals surface area contributed by atoms with E-state index >= 15 is 0 Å². The van der Waals surface area contributed by atoms with E-state index < -0.39 is 5.97 Å². The lowest BCUT2D eigenvalue weighted by Gasteiger charge is -2.39. The lowest BCUT2D eigenvalue weighted by Crippen LogP contribution is -2.49. The van der Waals surface area contributed by atoms with Gasteiger partial charge in [0.25, 0.3) is 0 Å². The largest absolute Gasteiger partial charge is 0.481 e. The van der Waals surface area contributed by atoms with Crippen LogP contribution in [0.4, 0.5) is 5.69 Å². The number of aryl methyl sites for hydroxylation is 1. The van der Waals surface area contributed by atoms with Gasteiger partial charge in [0.2, 0.25) is 0 Å². The van der Waals surface area contributed by atoms with Crippen molar-refractivity contribution in [2.45, 2.75) is 26.3 Å². The van der Waals surface area contributed by atoms with E-state index in [1.807, 2.05) is 0 Å². The lowest BCUT2D eigenvalue weighted by molar-refractivity contribution is -0.141. The molecule has 0 radical (unpaired) electrons. The molecule has 0 spiro atoms. The molecule has 2 rings (SSSR count). The Morgan fingerprint density at radius 3 is 2.58 bits per heavy atom. The Kier molecular flexibility index (Phi) is 3.80. The molecule has 0 bridgehead atoms. The highest BCUT2D eigenvalue weighted by Gasteiger charge is 2.34. The molecule has 104 valence electrons. The van der Waals surface area contributed by atoms with Crippen LogP contribution in [0.3, 0.4) is 0 Å². The van der Waals surface area contributed by atoms with Crippen LogP contribution >= 0.6 is 0 Å². The normalized spacial score (nSPS) is 22.9. The average Bonchev–Trinajstić information content (AvgIpc) is 2.49. The maximum Gasteiger partial charge on any atom is 0.309 e. The van der Waals surface area contributed by atoms with Gasteiger partial charge in [0.15, 0.2) is 0 Å². The molecule has 0 aliphatic carbocycles. The zero-order chi connectivity index (χ0) is 14.0. The van der Waals surface area contributed by atoms with E-state index in [0.717, 1.165) is 12.2 Å². The SMILES string of the molecule is Cc1ccc(N2CC(C(=O)O)CNCC2(C)C)cc1. The first-order chi connectivity index (χ1) is 8.90. The highest BCUT2D eigenvalue weighted by Crippen LogP contribution is 2.27. The number of benzene rings is 1. The van der Waals surface area contributed by atoms with E-state index in [0.29, 0.717) is 13.1 Å². The summed E-state index contributed by atoms with van der Waals surface area (Å²) in [4.78, 5) is 13.5. The molecule has 1 unspecified atom stereocenters. The molecule has 0 aromatic heterocycles. The molecule has 1 aromatic rings. The number of carboxylic acids is 1. The maximum absolute atomic E-state index is 11.3. The molecule has 19 heavy (non-hydrogen) atoms. The van der Waals surface area contributed by atoms with E-state index in [9.17, 15) is 9.90 Å². The Bertz CT molecular complexity index is 454. The monoisotopic (exact) mass is 262 g/mol. The van der Waals surface area contributed by atoms with Crippen molar-refractivity contribution in [2.75, 3.05) is 24.5 Å². The first-order valence-electron chi connectivity index (χ1n) is 6.68. The minimum absolute atomic E-state index is 0.0978. The summed E-state index contributed by atoms with van der Waals surface area (Å²) in [7, 11) is 0. The van der Waals surface area contributed by atoms with Crippen molar-refractivity contribution in [1.82, 2.24) is 5.32 Å². The highest BCUT2D eigenvalue weighted by atomic mass is 16.4. The van der Waals surface area contributed by atoms with E-state index in [1.165, 1.54) is 5.56 Å². The van der Waals surface area contributed by atoms with E-state index in [1.54, 1.807) is 0 Å². The van der Waals surface area contributed by atoms with Gasteiger partial charge in [-0.3, -0.25) is 4.79 Å². The van der Waals surface area contributed by atoms with Crippen molar-refractivity contribution >= 4 is 11.7 Å². The summed E-state index contributed by atoms with van der Waals surface area (Å²) in [6.07, 6.45) is 0. The Balaban J connectivity index is 2.31. The van der Waals surface area contributed by atoms with Crippen LogP contribution in [0.25, 0.3) is 0 Å². The van der Waals surface area contributed by atoms with Gasteiger partial charge in [0, 0.05) is 30.9 Å². The highest BCUT2D eigenvalue weighted by molar-refractivity contribution is 5.71. The molecule has 2 N–H and O–H groups in total. The summed E-state index contributed by atoms with van der Waals surface area (Å²) in [5.74, 6) is -1.11. The number of anilines is 1. The third-order valence-electron chi connectivity index (χ3n) is 3.78. The zero-order valence-corrected chi connectivity index (χ0v) is 11.8. The average molecular weight is 262 g/mol. The van der Waals surface area contributed by atoms with E-state index in [2.05, 4.69) is 55.3 Å². The fourth-order valence-electron chi connectivity index (χ4n) is 2.52. The molecule has 4 heteroatoms. The number of carboxylic acid groups (broad SMARTS) is 1. The van der Waals surface area contributed by atoms with Crippen molar-refractivity contribution in [3.63, 3.8) is 0 Å². The van der Waals surface area contributed by atoms with E-state index in [4.69, 9.17) is 0 Å².